The molecule has 0 aliphatic carbocycles. The van der Waals surface area contributed by atoms with E-state index in [1.54, 1.807) is 24.3 Å². The van der Waals surface area contributed by atoms with Crippen molar-refractivity contribution in [3.63, 3.8) is 0 Å². The van der Waals surface area contributed by atoms with Gasteiger partial charge in [-0.15, -0.1) is 0 Å². The predicted octanol–water partition coefficient (Wildman–Crippen LogP) is 1.50. The number of aromatic nitrogens is 3. The summed E-state index contributed by atoms with van der Waals surface area (Å²) in [6.45, 7) is 0.447. The summed E-state index contributed by atoms with van der Waals surface area (Å²) in [6, 6.07) is 14.5. The average Bonchev–Trinajstić information content (AvgIpc) is 3.02. The lowest BCUT2D eigenvalue weighted by Crippen LogP contribution is -2.22. The zero-order valence-corrected chi connectivity index (χ0v) is 13.5. The molecular formula is C18H18N4O3. The first-order valence-electron chi connectivity index (χ1n) is 7.85. The predicted molar refractivity (Wildman–Crippen MR) is 93.0 cm³/mol. The van der Waals surface area contributed by atoms with Crippen molar-refractivity contribution < 1.29 is 9.90 Å². The van der Waals surface area contributed by atoms with Crippen molar-refractivity contribution in [1.82, 2.24) is 14.3 Å². The summed E-state index contributed by atoms with van der Waals surface area (Å²) in [6.07, 6.45) is 2.00. The van der Waals surface area contributed by atoms with Gasteiger partial charge >= 0.3 is 11.7 Å². The summed E-state index contributed by atoms with van der Waals surface area (Å²) in [5.74, 6) is -0.834. The van der Waals surface area contributed by atoms with Crippen LogP contribution in [0.15, 0.2) is 59.7 Å². The van der Waals surface area contributed by atoms with E-state index in [-0.39, 0.29) is 12.1 Å². The van der Waals surface area contributed by atoms with E-state index in [0.29, 0.717) is 24.3 Å². The van der Waals surface area contributed by atoms with E-state index in [4.69, 9.17) is 10.8 Å². The maximum atomic E-state index is 12.6. The third kappa shape index (κ3) is 3.67. The second kappa shape index (κ2) is 7.14. The van der Waals surface area contributed by atoms with Gasteiger partial charge in [-0.25, -0.2) is 9.36 Å². The molecule has 128 valence electrons. The van der Waals surface area contributed by atoms with Gasteiger partial charge in [-0.2, -0.15) is 9.78 Å². The van der Waals surface area contributed by atoms with Gasteiger partial charge in [0, 0.05) is 13.0 Å². The Bertz CT molecular complexity index is 924. The van der Waals surface area contributed by atoms with Gasteiger partial charge in [0.15, 0.2) is 0 Å². The highest BCUT2D eigenvalue weighted by molar-refractivity contribution is 5.67. The van der Waals surface area contributed by atoms with E-state index < -0.39 is 5.97 Å². The molecule has 0 saturated heterocycles. The fraction of sp³-hybridized carbons (Fsp3) is 0.167. The highest BCUT2D eigenvalue weighted by Gasteiger charge is 2.09. The zero-order chi connectivity index (χ0) is 17.8. The van der Waals surface area contributed by atoms with Gasteiger partial charge in [0.1, 0.15) is 6.33 Å². The Morgan fingerprint density at radius 1 is 1.00 bits per heavy atom. The molecule has 0 fully saturated rings. The first-order valence-corrected chi connectivity index (χ1v) is 7.85. The van der Waals surface area contributed by atoms with Crippen molar-refractivity contribution in [2.75, 3.05) is 0 Å². The van der Waals surface area contributed by atoms with Crippen molar-refractivity contribution in [1.29, 1.82) is 0 Å². The molecule has 7 heteroatoms. The quantitative estimate of drug-likeness (QED) is 0.709. The number of carbonyl (C=O) groups is 1. The summed E-state index contributed by atoms with van der Waals surface area (Å²) in [7, 11) is 0. The van der Waals surface area contributed by atoms with Crippen LogP contribution in [-0.2, 0) is 17.8 Å². The van der Waals surface area contributed by atoms with Gasteiger partial charge in [0.2, 0.25) is 0 Å². The second-order valence-electron chi connectivity index (χ2n) is 5.63. The third-order valence-corrected chi connectivity index (χ3v) is 3.93. The van der Waals surface area contributed by atoms with Crippen LogP contribution in [0.4, 0.5) is 0 Å². The summed E-state index contributed by atoms with van der Waals surface area (Å²) < 4.78 is 2.76. The minimum absolute atomic E-state index is 0.0761. The summed E-state index contributed by atoms with van der Waals surface area (Å²) in [5, 5.41) is 12.9. The summed E-state index contributed by atoms with van der Waals surface area (Å²) >= 11 is 0. The fourth-order valence-electron chi connectivity index (χ4n) is 2.51. The lowest BCUT2D eigenvalue weighted by Gasteiger charge is -2.03. The number of aliphatic carboxylic acids is 1. The normalized spacial score (nSPS) is 10.8. The molecule has 3 rings (SSSR count). The molecule has 0 aliphatic heterocycles. The Kier molecular flexibility index (Phi) is 4.76. The summed E-state index contributed by atoms with van der Waals surface area (Å²) in [5.41, 5.74) is 8.53. The van der Waals surface area contributed by atoms with Crippen LogP contribution in [0.5, 0.6) is 0 Å². The Balaban J connectivity index is 1.85. The van der Waals surface area contributed by atoms with Crippen LogP contribution < -0.4 is 11.4 Å². The molecule has 3 aromatic rings. The number of carboxylic acids is 1. The lowest BCUT2D eigenvalue weighted by atomic mass is 10.1. The molecule has 0 unspecified atom stereocenters. The molecule has 3 N–H and O–H groups in total. The fourth-order valence-corrected chi connectivity index (χ4v) is 2.51. The highest BCUT2D eigenvalue weighted by atomic mass is 16.4. The van der Waals surface area contributed by atoms with Crippen molar-refractivity contribution >= 4 is 5.97 Å². The van der Waals surface area contributed by atoms with Crippen LogP contribution in [0.2, 0.25) is 0 Å². The Morgan fingerprint density at radius 2 is 1.60 bits per heavy atom. The van der Waals surface area contributed by atoms with E-state index in [2.05, 4.69) is 5.10 Å². The van der Waals surface area contributed by atoms with E-state index in [1.165, 1.54) is 15.6 Å². The molecule has 0 bridgehead atoms. The first-order chi connectivity index (χ1) is 12.1. The third-order valence-electron chi connectivity index (χ3n) is 3.93. The molecule has 0 spiro atoms. The average molecular weight is 338 g/mol. The number of rotatable bonds is 6. The van der Waals surface area contributed by atoms with Crippen molar-refractivity contribution in [2.24, 2.45) is 5.73 Å². The van der Waals surface area contributed by atoms with Crippen LogP contribution in [0.1, 0.15) is 17.5 Å². The second-order valence-corrected chi connectivity index (χ2v) is 5.63. The minimum Gasteiger partial charge on any atom is -0.481 e. The van der Waals surface area contributed by atoms with E-state index >= 15 is 0 Å². The maximum Gasteiger partial charge on any atom is 0.355 e. The SMILES string of the molecule is NCc1ccc(-n2cnn(-c3ccc(CCC(=O)O)cc3)c2=O)cc1. The number of benzene rings is 2. The van der Waals surface area contributed by atoms with Crippen LogP contribution >= 0.6 is 0 Å². The number of nitrogens with two attached hydrogens (primary N) is 1. The molecular weight excluding hydrogens is 320 g/mol. The van der Waals surface area contributed by atoms with Crippen LogP contribution in [0, 0.1) is 0 Å². The van der Waals surface area contributed by atoms with Gasteiger partial charge in [0.25, 0.3) is 0 Å². The summed E-state index contributed by atoms with van der Waals surface area (Å²) in [4.78, 5) is 23.2. The Morgan fingerprint density at radius 3 is 2.20 bits per heavy atom. The number of aryl methyl sites for hydroxylation is 1. The van der Waals surface area contributed by atoms with E-state index in [1.807, 2.05) is 24.3 Å². The van der Waals surface area contributed by atoms with E-state index in [9.17, 15) is 9.59 Å². The van der Waals surface area contributed by atoms with Crippen LogP contribution in [0.25, 0.3) is 11.4 Å². The monoisotopic (exact) mass is 338 g/mol. The van der Waals surface area contributed by atoms with Crippen LogP contribution in [0.3, 0.4) is 0 Å². The van der Waals surface area contributed by atoms with Crippen molar-refractivity contribution in [3.05, 3.63) is 76.5 Å². The minimum atomic E-state index is -0.834. The number of nitrogens with zero attached hydrogens (tertiary/aromatic N) is 3. The molecule has 1 aromatic heterocycles. The largest absolute Gasteiger partial charge is 0.481 e. The zero-order valence-electron chi connectivity index (χ0n) is 13.5. The molecule has 0 atom stereocenters. The highest BCUT2D eigenvalue weighted by Crippen LogP contribution is 2.11. The molecule has 0 saturated carbocycles. The van der Waals surface area contributed by atoms with E-state index in [0.717, 1.165) is 11.1 Å². The molecule has 0 radical (unpaired) electrons. The van der Waals surface area contributed by atoms with Crippen LogP contribution in [-0.4, -0.2) is 25.4 Å². The van der Waals surface area contributed by atoms with Gasteiger partial charge in [-0.05, 0) is 41.8 Å². The molecule has 0 aliphatic rings. The molecule has 2 aromatic carbocycles. The maximum absolute atomic E-state index is 12.6. The molecule has 1 heterocycles. The van der Waals surface area contributed by atoms with Crippen molar-refractivity contribution in [2.45, 2.75) is 19.4 Å². The Labute approximate surface area is 143 Å². The molecule has 0 amide bonds. The molecule has 25 heavy (non-hydrogen) atoms. The van der Waals surface area contributed by atoms with Gasteiger partial charge < -0.3 is 10.8 Å². The smallest absolute Gasteiger partial charge is 0.355 e. The first kappa shape index (κ1) is 16.7. The molecule has 7 nitrogen and oxygen atoms in total. The van der Waals surface area contributed by atoms with Gasteiger partial charge in [-0.3, -0.25) is 4.79 Å². The number of hydrogen-bond acceptors (Lipinski definition) is 4. The topological polar surface area (TPSA) is 103 Å². The number of carboxylic acid groups (broad SMARTS) is 1. The number of hydrogen-bond donors (Lipinski definition) is 2. The van der Waals surface area contributed by atoms with Crippen molar-refractivity contribution in [3.8, 4) is 11.4 Å². The standard InChI is InChI=1S/C18H18N4O3/c19-11-14-3-6-15(7-4-14)21-12-20-22(18(21)25)16-8-1-13(2-9-16)5-10-17(23)24/h1-4,6-9,12H,5,10-11,19H2,(H,23,24). The van der Waals surface area contributed by atoms with Gasteiger partial charge in [0.05, 0.1) is 11.4 Å². The van der Waals surface area contributed by atoms with Gasteiger partial charge in [-0.1, -0.05) is 24.3 Å². The lowest BCUT2D eigenvalue weighted by molar-refractivity contribution is -0.136. The Hall–Kier alpha value is -3.19.